The van der Waals surface area contributed by atoms with Crippen LogP contribution in [-0.4, -0.2) is 57.3 Å². The maximum atomic E-state index is 12.3. The summed E-state index contributed by atoms with van der Waals surface area (Å²) in [6.07, 6.45) is 2.27. The summed E-state index contributed by atoms with van der Waals surface area (Å²) < 4.78 is 28.4. The lowest BCUT2D eigenvalue weighted by molar-refractivity contribution is -0.135. The minimum absolute atomic E-state index is 0.159. The van der Waals surface area contributed by atoms with E-state index in [-0.39, 0.29) is 16.8 Å². The zero-order valence-corrected chi connectivity index (χ0v) is 15.3. The molecule has 6 nitrogen and oxygen atoms in total. The van der Waals surface area contributed by atoms with Crippen LogP contribution in [0.25, 0.3) is 0 Å². The molecule has 0 radical (unpaired) electrons. The van der Waals surface area contributed by atoms with Gasteiger partial charge in [0, 0.05) is 37.8 Å². The third-order valence-corrected chi connectivity index (χ3v) is 5.54. The smallest absolute Gasteiger partial charge is 0.223 e. The number of nitrogens with one attached hydrogen (secondary N) is 1. The molecule has 2 rings (SSSR count). The molecule has 134 valence electrons. The molecule has 1 aliphatic heterocycles. The summed E-state index contributed by atoms with van der Waals surface area (Å²) in [4.78, 5) is 14.5. The first-order valence-corrected chi connectivity index (χ1v) is 10.1. The lowest BCUT2D eigenvalue weighted by atomic mass is 10.1. The number of hydrogen-bond donors (Lipinski definition) is 1. The number of sulfone groups is 1. The van der Waals surface area contributed by atoms with E-state index < -0.39 is 9.84 Å². The van der Waals surface area contributed by atoms with Gasteiger partial charge in [-0.05, 0) is 44.5 Å². The molecular weight excluding hydrogens is 328 g/mol. The summed E-state index contributed by atoms with van der Waals surface area (Å²) in [7, 11) is -3.19. The van der Waals surface area contributed by atoms with E-state index in [4.69, 9.17) is 4.74 Å². The summed E-state index contributed by atoms with van der Waals surface area (Å²) in [6.45, 7) is 6.17. The first-order chi connectivity index (χ1) is 11.3. The number of nitrogens with zero attached hydrogens (tertiary/aromatic N) is 1. The van der Waals surface area contributed by atoms with Gasteiger partial charge in [-0.25, -0.2) is 8.42 Å². The van der Waals surface area contributed by atoms with Crippen molar-refractivity contribution in [3.8, 4) is 5.75 Å². The van der Waals surface area contributed by atoms with Gasteiger partial charge in [-0.2, -0.15) is 0 Å². The Hall–Kier alpha value is -1.60. The highest BCUT2D eigenvalue weighted by molar-refractivity contribution is 7.90. The second-order valence-corrected chi connectivity index (χ2v) is 8.28. The zero-order valence-electron chi connectivity index (χ0n) is 14.5. The molecule has 0 aromatic heterocycles. The van der Waals surface area contributed by atoms with E-state index in [1.54, 1.807) is 12.1 Å². The predicted molar refractivity (Wildman–Crippen MR) is 92.9 cm³/mol. The van der Waals surface area contributed by atoms with Crippen LogP contribution in [0.5, 0.6) is 5.75 Å². The molecule has 1 heterocycles. The van der Waals surface area contributed by atoms with Gasteiger partial charge in [0.25, 0.3) is 0 Å². The molecule has 24 heavy (non-hydrogen) atoms. The fourth-order valence-electron chi connectivity index (χ4n) is 2.75. The minimum atomic E-state index is -3.19. The van der Waals surface area contributed by atoms with E-state index in [0.29, 0.717) is 31.2 Å². The highest BCUT2D eigenvalue weighted by atomic mass is 32.2. The van der Waals surface area contributed by atoms with Crippen molar-refractivity contribution in [3.05, 3.63) is 24.3 Å². The van der Waals surface area contributed by atoms with Crippen LogP contribution < -0.4 is 10.1 Å². The fraction of sp³-hybridized carbons (Fsp3) is 0.588. The quantitative estimate of drug-likeness (QED) is 0.783. The van der Waals surface area contributed by atoms with E-state index >= 15 is 0 Å². The molecule has 0 bridgehead atoms. The highest BCUT2D eigenvalue weighted by Crippen LogP contribution is 2.16. The summed E-state index contributed by atoms with van der Waals surface area (Å²) >= 11 is 0. The number of carbonyl (C=O) groups excluding carboxylic acids is 1. The second-order valence-electron chi connectivity index (χ2n) is 6.27. The number of piperazine rings is 1. The third kappa shape index (κ3) is 4.95. The fourth-order valence-corrected chi connectivity index (χ4v) is 3.38. The van der Waals surface area contributed by atoms with Crippen molar-refractivity contribution in [1.29, 1.82) is 0 Å². The molecule has 1 amide bonds. The molecule has 1 aromatic rings. The topological polar surface area (TPSA) is 75.7 Å². The Balaban J connectivity index is 1.75. The van der Waals surface area contributed by atoms with Crippen molar-refractivity contribution < 1.29 is 17.9 Å². The second kappa shape index (κ2) is 7.98. The predicted octanol–water partition coefficient (Wildman–Crippen LogP) is 1.46. The number of benzene rings is 1. The Bertz CT molecular complexity index is 658. The van der Waals surface area contributed by atoms with Crippen LogP contribution in [0, 0.1) is 0 Å². The van der Waals surface area contributed by atoms with Crippen LogP contribution in [0.3, 0.4) is 0 Å². The van der Waals surface area contributed by atoms with Crippen LogP contribution in [-0.2, 0) is 14.6 Å². The number of carbonyl (C=O) groups is 1. The highest BCUT2D eigenvalue weighted by Gasteiger charge is 2.27. The maximum Gasteiger partial charge on any atom is 0.223 e. The molecular formula is C17H26N2O4S. The standard InChI is InChI=1S/C17H26N2O4S/c1-13-14(2)19(11-10-18-13)17(20)5-4-12-23-15-6-8-16(9-7-15)24(3,21)22/h6-9,13-14,18H,4-5,10-12H2,1-3H3. The van der Waals surface area contributed by atoms with Gasteiger partial charge in [0.15, 0.2) is 9.84 Å². The SMILES string of the molecule is CC1NCCN(C(=O)CCCOc2ccc(S(C)(=O)=O)cc2)C1C. The molecule has 1 fully saturated rings. The Morgan fingerprint density at radius 2 is 1.96 bits per heavy atom. The van der Waals surface area contributed by atoms with Gasteiger partial charge < -0.3 is 15.0 Å². The van der Waals surface area contributed by atoms with E-state index in [2.05, 4.69) is 19.2 Å². The molecule has 1 aromatic carbocycles. The first kappa shape index (κ1) is 18.7. The van der Waals surface area contributed by atoms with Crippen LogP contribution in [0.2, 0.25) is 0 Å². The summed E-state index contributed by atoms with van der Waals surface area (Å²) in [5, 5.41) is 3.36. The number of ether oxygens (including phenoxy) is 1. The normalized spacial score (nSPS) is 21.5. The Morgan fingerprint density at radius 3 is 2.58 bits per heavy atom. The van der Waals surface area contributed by atoms with Crippen LogP contribution in [0.1, 0.15) is 26.7 Å². The summed E-state index contributed by atoms with van der Waals surface area (Å²) in [5.41, 5.74) is 0. The summed E-state index contributed by atoms with van der Waals surface area (Å²) in [6, 6.07) is 6.85. The van der Waals surface area contributed by atoms with Gasteiger partial charge in [-0.3, -0.25) is 4.79 Å². The van der Waals surface area contributed by atoms with Crippen LogP contribution >= 0.6 is 0 Å². The molecule has 2 atom stereocenters. The van der Waals surface area contributed by atoms with Crippen molar-refractivity contribution in [3.63, 3.8) is 0 Å². The average molecular weight is 354 g/mol. The molecule has 0 saturated carbocycles. The van der Waals surface area contributed by atoms with Crippen LogP contribution in [0.4, 0.5) is 0 Å². The van der Waals surface area contributed by atoms with Gasteiger partial charge in [-0.1, -0.05) is 0 Å². The molecule has 0 aliphatic carbocycles. The van der Waals surface area contributed by atoms with Crippen molar-refractivity contribution >= 4 is 15.7 Å². The van der Waals surface area contributed by atoms with Gasteiger partial charge in [0.05, 0.1) is 11.5 Å². The van der Waals surface area contributed by atoms with E-state index in [1.807, 2.05) is 4.90 Å². The van der Waals surface area contributed by atoms with Gasteiger partial charge >= 0.3 is 0 Å². The summed E-state index contributed by atoms with van der Waals surface area (Å²) in [5.74, 6) is 0.769. The van der Waals surface area contributed by atoms with Crippen LogP contribution in [0.15, 0.2) is 29.2 Å². The van der Waals surface area contributed by atoms with Gasteiger partial charge in [0.2, 0.25) is 5.91 Å². The minimum Gasteiger partial charge on any atom is -0.494 e. The third-order valence-electron chi connectivity index (χ3n) is 4.41. The molecule has 2 unspecified atom stereocenters. The molecule has 1 N–H and O–H groups in total. The zero-order chi connectivity index (χ0) is 17.7. The lowest BCUT2D eigenvalue weighted by Crippen LogP contribution is -2.57. The Kier molecular flexibility index (Phi) is 6.23. The van der Waals surface area contributed by atoms with E-state index in [0.717, 1.165) is 13.1 Å². The van der Waals surface area contributed by atoms with Gasteiger partial charge in [0.1, 0.15) is 5.75 Å². The van der Waals surface area contributed by atoms with Crippen molar-refractivity contribution in [2.24, 2.45) is 0 Å². The Labute approximate surface area is 144 Å². The number of hydrogen-bond acceptors (Lipinski definition) is 5. The largest absolute Gasteiger partial charge is 0.494 e. The van der Waals surface area contributed by atoms with Crippen molar-refractivity contribution in [2.75, 3.05) is 26.0 Å². The molecule has 1 aliphatic rings. The van der Waals surface area contributed by atoms with Crippen molar-refractivity contribution in [2.45, 2.75) is 43.7 Å². The molecule has 7 heteroatoms. The average Bonchev–Trinajstić information content (AvgIpc) is 2.53. The number of amides is 1. The Morgan fingerprint density at radius 1 is 1.29 bits per heavy atom. The molecule has 1 saturated heterocycles. The monoisotopic (exact) mass is 354 g/mol. The lowest BCUT2D eigenvalue weighted by Gasteiger charge is -2.38. The van der Waals surface area contributed by atoms with E-state index in [9.17, 15) is 13.2 Å². The number of rotatable bonds is 6. The first-order valence-electron chi connectivity index (χ1n) is 8.25. The molecule has 0 spiro atoms. The maximum absolute atomic E-state index is 12.3. The van der Waals surface area contributed by atoms with Crippen molar-refractivity contribution in [1.82, 2.24) is 10.2 Å². The van der Waals surface area contributed by atoms with E-state index in [1.165, 1.54) is 18.4 Å². The van der Waals surface area contributed by atoms with Gasteiger partial charge in [-0.15, -0.1) is 0 Å².